The predicted octanol–water partition coefficient (Wildman–Crippen LogP) is 2.09. The van der Waals surface area contributed by atoms with Crippen molar-refractivity contribution in [3.05, 3.63) is 29.8 Å². The first-order valence-electron chi connectivity index (χ1n) is 8.85. The fourth-order valence-corrected chi connectivity index (χ4v) is 2.53. The van der Waals surface area contributed by atoms with Gasteiger partial charge >= 0.3 is 0 Å². The molecule has 1 aliphatic heterocycles. The minimum Gasteiger partial charge on any atom is -0.492 e. The van der Waals surface area contributed by atoms with Crippen LogP contribution in [0.2, 0.25) is 0 Å². The molecule has 0 spiro atoms. The number of rotatable bonds is 8. The fraction of sp³-hybridized carbons (Fsp3) is 0.611. The Morgan fingerprint density at radius 1 is 1.20 bits per heavy atom. The molecule has 25 heavy (non-hydrogen) atoms. The van der Waals surface area contributed by atoms with Crippen LogP contribution in [-0.4, -0.2) is 63.4 Å². The number of hydrogen-bond acceptors (Lipinski definition) is 4. The molecule has 142 valence electrons. The van der Waals surface area contributed by atoms with Gasteiger partial charge in [-0.05, 0) is 31.5 Å². The number of aliphatic imine (C=N–C) groups is 1. The number of ether oxygens (including phenoxy) is 2. The molecule has 0 unspecified atom stereocenters. The summed E-state index contributed by atoms with van der Waals surface area (Å²) in [5.41, 5.74) is 1.15. The molecule has 0 saturated carbocycles. The molecule has 1 aliphatic rings. The Morgan fingerprint density at radius 3 is 2.60 bits per heavy atom. The van der Waals surface area contributed by atoms with Gasteiger partial charge in [-0.25, -0.2) is 4.99 Å². The Balaban J connectivity index is 0.00000312. The lowest BCUT2D eigenvalue weighted by Gasteiger charge is -2.26. The topological polar surface area (TPSA) is 58.1 Å². The predicted molar refractivity (Wildman–Crippen MR) is 113 cm³/mol. The smallest absolute Gasteiger partial charge is 0.191 e. The van der Waals surface area contributed by atoms with Crippen LogP contribution < -0.4 is 15.4 Å². The van der Waals surface area contributed by atoms with Gasteiger partial charge in [-0.1, -0.05) is 12.1 Å². The second-order valence-electron chi connectivity index (χ2n) is 5.68. The summed E-state index contributed by atoms with van der Waals surface area (Å²) >= 11 is 0. The molecular formula is C18H31IN4O2. The Morgan fingerprint density at radius 2 is 1.92 bits per heavy atom. The Hall–Kier alpha value is -1.06. The molecule has 1 heterocycles. The third kappa shape index (κ3) is 8.73. The lowest BCUT2D eigenvalue weighted by Crippen LogP contribution is -2.38. The maximum Gasteiger partial charge on any atom is 0.191 e. The number of guanidine groups is 1. The number of morpholine rings is 1. The van der Waals surface area contributed by atoms with Gasteiger partial charge in [0.15, 0.2) is 5.96 Å². The van der Waals surface area contributed by atoms with Crippen LogP contribution in [0, 0.1) is 0 Å². The summed E-state index contributed by atoms with van der Waals surface area (Å²) in [6.45, 7) is 11.8. The molecule has 0 atom stereocenters. The van der Waals surface area contributed by atoms with Crippen LogP contribution >= 0.6 is 24.0 Å². The van der Waals surface area contributed by atoms with E-state index in [1.54, 1.807) is 0 Å². The number of nitrogens with one attached hydrogen (secondary N) is 2. The summed E-state index contributed by atoms with van der Waals surface area (Å²) in [5, 5.41) is 6.46. The average Bonchev–Trinajstić information content (AvgIpc) is 2.61. The van der Waals surface area contributed by atoms with Crippen molar-refractivity contribution in [3.63, 3.8) is 0 Å². The van der Waals surface area contributed by atoms with Gasteiger partial charge in [0.25, 0.3) is 0 Å². The van der Waals surface area contributed by atoms with Crippen LogP contribution in [0.25, 0.3) is 0 Å². The molecule has 1 fully saturated rings. The van der Waals surface area contributed by atoms with Crippen LogP contribution in [0.1, 0.15) is 19.4 Å². The van der Waals surface area contributed by atoms with Gasteiger partial charge in [0.2, 0.25) is 0 Å². The number of hydrogen-bond donors (Lipinski definition) is 2. The second-order valence-corrected chi connectivity index (χ2v) is 5.68. The van der Waals surface area contributed by atoms with Crippen LogP contribution in [0.4, 0.5) is 0 Å². The Labute approximate surface area is 168 Å². The van der Waals surface area contributed by atoms with E-state index in [0.717, 1.165) is 63.2 Å². The van der Waals surface area contributed by atoms with Gasteiger partial charge in [0, 0.05) is 32.7 Å². The Kier molecular flexibility index (Phi) is 11.6. The summed E-state index contributed by atoms with van der Waals surface area (Å²) < 4.78 is 11.2. The number of nitrogens with zero attached hydrogens (tertiary/aromatic N) is 2. The first-order chi connectivity index (χ1) is 11.8. The summed E-state index contributed by atoms with van der Waals surface area (Å²) in [5.74, 6) is 1.75. The number of halogens is 1. The van der Waals surface area contributed by atoms with Crippen LogP contribution in [0.5, 0.6) is 5.75 Å². The van der Waals surface area contributed by atoms with Crippen molar-refractivity contribution in [3.8, 4) is 5.75 Å². The van der Waals surface area contributed by atoms with E-state index in [0.29, 0.717) is 13.2 Å². The molecule has 0 aromatic heterocycles. The highest BCUT2D eigenvalue weighted by Gasteiger charge is 2.09. The third-order valence-corrected chi connectivity index (χ3v) is 3.79. The van der Waals surface area contributed by atoms with E-state index < -0.39 is 0 Å². The normalized spacial score (nSPS) is 14.3. The number of benzene rings is 1. The van der Waals surface area contributed by atoms with Crippen LogP contribution in [0.3, 0.4) is 0 Å². The first-order valence-corrected chi connectivity index (χ1v) is 8.85. The molecule has 6 nitrogen and oxygen atoms in total. The molecule has 1 aromatic rings. The Bertz CT molecular complexity index is 500. The van der Waals surface area contributed by atoms with E-state index in [4.69, 9.17) is 9.47 Å². The van der Waals surface area contributed by atoms with Crippen molar-refractivity contribution >= 4 is 29.9 Å². The lowest BCUT2D eigenvalue weighted by molar-refractivity contribution is 0.0322. The minimum absolute atomic E-state index is 0. The molecule has 7 heteroatoms. The highest BCUT2D eigenvalue weighted by atomic mass is 127. The van der Waals surface area contributed by atoms with E-state index in [9.17, 15) is 0 Å². The summed E-state index contributed by atoms with van der Waals surface area (Å²) in [6, 6.07) is 8.17. The van der Waals surface area contributed by atoms with E-state index in [-0.39, 0.29) is 24.0 Å². The highest BCUT2D eigenvalue weighted by molar-refractivity contribution is 14.0. The second kappa shape index (κ2) is 13.2. The zero-order chi connectivity index (χ0) is 17.0. The minimum atomic E-state index is 0. The van der Waals surface area contributed by atoms with Gasteiger partial charge in [0.05, 0.1) is 19.8 Å². The zero-order valence-electron chi connectivity index (χ0n) is 15.3. The maximum absolute atomic E-state index is 5.89. The fourth-order valence-electron chi connectivity index (χ4n) is 2.53. The zero-order valence-corrected chi connectivity index (χ0v) is 17.6. The first kappa shape index (κ1) is 22.0. The van der Waals surface area contributed by atoms with Gasteiger partial charge in [-0.3, -0.25) is 4.90 Å². The van der Waals surface area contributed by atoms with E-state index in [2.05, 4.69) is 46.5 Å². The molecule has 1 aromatic carbocycles. The van der Waals surface area contributed by atoms with Crippen molar-refractivity contribution in [2.75, 3.05) is 52.5 Å². The molecule has 1 saturated heterocycles. The van der Waals surface area contributed by atoms with Gasteiger partial charge in [-0.15, -0.1) is 24.0 Å². The SMILES string of the molecule is CCNC(=NCc1cccc(OCCN2CCOCC2)c1)NCC.I. The van der Waals surface area contributed by atoms with Gasteiger partial charge < -0.3 is 20.1 Å². The van der Waals surface area contributed by atoms with E-state index in [1.165, 1.54) is 0 Å². The van der Waals surface area contributed by atoms with Gasteiger partial charge in [-0.2, -0.15) is 0 Å². The molecule has 2 rings (SSSR count). The van der Waals surface area contributed by atoms with Gasteiger partial charge in [0.1, 0.15) is 12.4 Å². The standard InChI is InChI=1S/C18H30N4O2.HI/c1-3-19-18(20-4-2)21-15-16-6-5-7-17(14-16)24-13-10-22-8-11-23-12-9-22;/h5-7,14H,3-4,8-13,15H2,1-2H3,(H2,19,20,21);1H. The maximum atomic E-state index is 5.89. The molecule has 0 bridgehead atoms. The highest BCUT2D eigenvalue weighted by Crippen LogP contribution is 2.14. The molecule has 0 amide bonds. The van der Waals surface area contributed by atoms with Crippen molar-refractivity contribution in [1.29, 1.82) is 0 Å². The third-order valence-electron chi connectivity index (χ3n) is 3.79. The summed E-state index contributed by atoms with van der Waals surface area (Å²) in [4.78, 5) is 6.96. The quantitative estimate of drug-likeness (QED) is 0.352. The van der Waals surface area contributed by atoms with Crippen molar-refractivity contribution in [2.45, 2.75) is 20.4 Å². The lowest BCUT2D eigenvalue weighted by atomic mass is 10.2. The molecule has 2 N–H and O–H groups in total. The molecular weight excluding hydrogens is 431 g/mol. The summed E-state index contributed by atoms with van der Waals surface area (Å²) in [7, 11) is 0. The largest absolute Gasteiger partial charge is 0.492 e. The van der Waals surface area contributed by atoms with Crippen molar-refractivity contribution in [1.82, 2.24) is 15.5 Å². The molecule has 0 radical (unpaired) electrons. The monoisotopic (exact) mass is 462 g/mol. The van der Waals surface area contributed by atoms with Crippen LogP contribution in [0.15, 0.2) is 29.3 Å². The van der Waals surface area contributed by atoms with Crippen molar-refractivity contribution < 1.29 is 9.47 Å². The average molecular weight is 462 g/mol. The van der Waals surface area contributed by atoms with Crippen molar-refractivity contribution in [2.24, 2.45) is 4.99 Å². The summed E-state index contributed by atoms with van der Waals surface area (Å²) in [6.07, 6.45) is 0. The van der Waals surface area contributed by atoms with E-state index in [1.807, 2.05) is 12.1 Å². The molecule has 0 aliphatic carbocycles. The van der Waals surface area contributed by atoms with Crippen LogP contribution in [-0.2, 0) is 11.3 Å². The van der Waals surface area contributed by atoms with E-state index >= 15 is 0 Å².